The van der Waals surface area contributed by atoms with Gasteiger partial charge in [-0.3, -0.25) is 24.1 Å². The lowest BCUT2D eigenvalue weighted by Crippen LogP contribution is -2.99. The first-order chi connectivity index (χ1) is 14.9. The first-order valence-corrected chi connectivity index (χ1v) is 10.4. The number of carbonyl (C=O) groups excluding carboxylic acids is 4. The fourth-order valence-electron chi connectivity index (χ4n) is 5.51. The van der Waals surface area contributed by atoms with E-state index >= 15 is 0 Å². The van der Waals surface area contributed by atoms with Gasteiger partial charge in [0, 0.05) is 12.1 Å². The lowest BCUT2D eigenvalue weighted by Gasteiger charge is -2.26. The number of nitrogens with zero attached hydrogens (tertiary/aromatic N) is 1. The van der Waals surface area contributed by atoms with Crippen LogP contribution in [-0.4, -0.2) is 41.1 Å². The van der Waals surface area contributed by atoms with Crippen LogP contribution in [-0.2, 0) is 31.1 Å². The standard InChI is InChI=1S/C23H22N4O4/c24-17(28)12-16-18-19(23(26-16)14-8-4-5-9-15(14)25-22(23)31)21(30)27(20(18)29)11-10-13-6-2-1-3-7-13/h1-9,16,18-19,26H,10-12H2,(H2,24,28)(H,25,31)/p+1/t16-,18-,19-,23-/m1/s1. The van der Waals surface area contributed by atoms with Crippen molar-refractivity contribution >= 4 is 29.3 Å². The Balaban J connectivity index is 1.53. The van der Waals surface area contributed by atoms with Crippen molar-refractivity contribution in [3.63, 3.8) is 0 Å². The number of benzene rings is 2. The predicted molar refractivity (Wildman–Crippen MR) is 110 cm³/mol. The van der Waals surface area contributed by atoms with Gasteiger partial charge in [0.05, 0.1) is 12.1 Å². The second-order valence-corrected chi connectivity index (χ2v) is 8.44. The summed E-state index contributed by atoms with van der Waals surface area (Å²) in [4.78, 5) is 53.2. The Morgan fingerprint density at radius 1 is 1.03 bits per heavy atom. The summed E-state index contributed by atoms with van der Waals surface area (Å²) in [6.07, 6.45) is 0.446. The zero-order chi connectivity index (χ0) is 21.8. The van der Waals surface area contributed by atoms with Gasteiger partial charge in [0.1, 0.15) is 17.9 Å². The van der Waals surface area contributed by atoms with Crippen LogP contribution in [0.25, 0.3) is 0 Å². The minimum absolute atomic E-state index is 0.0795. The summed E-state index contributed by atoms with van der Waals surface area (Å²) in [5.41, 5.74) is 6.50. The van der Waals surface area contributed by atoms with E-state index in [9.17, 15) is 19.2 Å². The van der Waals surface area contributed by atoms with Gasteiger partial charge in [-0.1, -0.05) is 48.5 Å². The number of imide groups is 1. The Bertz CT molecular complexity index is 1100. The van der Waals surface area contributed by atoms with Gasteiger partial charge in [-0.05, 0) is 18.1 Å². The third kappa shape index (κ3) is 2.79. The van der Waals surface area contributed by atoms with E-state index < -0.39 is 29.3 Å². The van der Waals surface area contributed by atoms with E-state index in [-0.39, 0.29) is 30.7 Å². The van der Waals surface area contributed by atoms with E-state index in [1.807, 2.05) is 30.3 Å². The number of hydrogen-bond acceptors (Lipinski definition) is 4. The summed E-state index contributed by atoms with van der Waals surface area (Å²) in [6.45, 7) is 0.233. The van der Waals surface area contributed by atoms with Crippen molar-refractivity contribution in [1.82, 2.24) is 4.90 Å². The Morgan fingerprint density at radius 3 is 2.48 bits per heavy atom. The molecule has 8 heteroatoms. The third-order valence-electron chi connectivity index (χ3n) is 6.77. The van der Waals surface area contributed by atoms with Crippen LogP contribution in [0, 0.1) is 11.8 Å². The van der Waals surface area contributed by atoms with E-state index in [1.54, 1.807) is 29.6 Å². The van der Waals surface area contributed by atoms with Gasteiger partial charge in [-0.15, -0.1) is 0 Å². The lowest BCUT2D eigenvalue weighted by molar-refractivity contribution is -0.732. The highest BCUT2D eigenvalue weighted by Gasteiger charge is 2.74. The molecule has 3 aliphatic rings. The van der Waals surface area contributed by atoms with Crippen LogP contribution in [0.3, 0.4) is 0 Å². The molecule has 2 aromatic rings. The molecular formula is C23H23N4O4+. The topological polar surface area (TPSA) is 126 Å². The van der Waals surface area contributed by atoms with Crippen LogP contribution < -0.4 is 16.4 Å². The van der Waals surface area contributed by atoms with Crippen molar-refractivity contribution in [2.75, 3.05) is 11.9 Å². The number of nitrogens with one attached hydrogen (secondary N) is 1. The van der Waals surface area contributed by atoms with Gasteiger partial charge in [-0.25, -0.2) is 0 Å². The smallest absolute Gasteiger partial charge is 0.291 e. The largest absolute Gasteiger partial charge is 0.369 e. The van der Waals surface area contributed by atoms with Crippen LogP contribution in [0.5, 0.6) is 0 Å². The number of para-hydroxylation sites is 1. The number of carbonyl (C=O) groups is 4. The molecule has 158 valence electrons. The summed E-state index contributed by atoms with van der Waals surface area (Å²) >= 11 is 0. The fraction of sp³-hybridized carbons (Fsp3) is 0.304. The number of primary amides is 1. The van der Waals surface area contributed by atoms with Crippen molar-refractivity contribution in [3.8, 4) is 0 Å². The Morgan fingerprint density at radius 2 is 1.74 bits per heavy atom. The molecule has 3 heterocycles. The summed E-state index contributed by atoms with van der Waals surface area (Å²) in [5, 5.41) is 4.58. The highest BCUT2D eigenvalue weighted by molar-refractivity contribution is 6.14. The summed E-state index contributed by atoms with van der Waals surface area (Å²) in [7, 11) is 0. The number of rotatable bonds is 5. The maximum Gasteiger partial charge on any atom is 0.291 e. The highest BCUT2D eigenvalue weighted by atomic mass is 16.2. The number of amides is 4. The number of likely N-dealkylation sites (tertiary alicyclic amines) is 1. The van der Waals surface area contributed by atoms with E-state index in [0.29, 0.717) is 17.7 Å². The molecule has 3 aliphatic heterocycles. The molecule has 0 saturated carbocycles. The molecule has 0 bridgehead atoms. The average Bonchev–Trinajstić information content (AvgIpc) is 3.32. The summed E-state index contributed by atoms with van der Waals surface area (Å²) < 4.78 is 0. The number of hydrogen-bond donors (Lipinski definition) is 3. The van der Waals surface area contributed by atoms with Gasteiger partial charge >= 0.3 is 0 Å². The van der Waals surface area contributed by atoms with Crippen LogP contribution in [0.15, 0.2) is 54.6 Å². The van der Waals surface area contributed by atoms with Gasteiger partial charge in [0.25, 0.3) is 5.91 Å². The first-order valence-electron chi connectivity index (χ1n) is 10.4. The molecule has 5 N–H and O–H groups in total. The molecule has 1 spiro atoms. The molecular weight excluding hydrogens is 396 g/mol. The van der Waals surface area contributed by atoms with E-state index in [4.69, 9.17) is 5.73 Å². The number of quaternary nitrogens is 1. The van der Waals surface area contributed by atoms with Crippen LogP contribution in [0.1, 0.15) is 17.5 Å². The zero-order valence-electron chi connectivity index (χ0n) is 16.8. The molecule has 4 amide bonds. The van der Waals surface area contributed by atoms with Crippen molar-refractivity contribution in [3.05, 3.63) is 65.7 Å². The molecule has 0 unspecified atom stereocenters. The molecule has 2 saturated heterocycles. The SMILES string of the molecule is NC(=O)C[C@H]1[NH2+][C@@]2(C(=O)Nc3ccccc32)[C@H]2C(=O)N(CCc3ccccc3)C(=O)[C@H]12. The molecule has 0 aliphatic carbocycles. The molecule has 5 rings (SSSR count). The van der Waals surface area contributed by atoms with Gasteiger partial charge in [-0.2, -0.15) is 0 Å². The van der Waals surface area contributed by atoms with Crippen LogP contribution >= 0.6 is 0 Å². The van der Waals surface area contributed by atoms with Crippen LogP contribution in [0.4, 0.5) is 5.69 Å². The van der Waals surface area contributed by atoms with E-state index in [2.05, 4.69) is 5.32 Å². The zero-order valence-corrected chi connectivity index (χ0v) is 16.8. The second-order valence-electron chi connectivity index (χ2n) is 8.44. The number of nitrogens with two attached hydrogens (primary N) is 2. The Hall–Kier alpha value is -3.52. The van der Waals surface area contributed by atoms with E-state index in [0.717, 1.165) is 5.56 Å². The normalized spacial score (nSPS) is 28.7. The third-order valence-corrected chi connectivity index (χ3v) is 6.77. The molecule has 0 radical (unpaired) electrons. The molecule has 4 atom stereocenters. The quantitative estimate of drug-likeness (QED) is 0.565. The minimum atomic E-state index is -1.27. The highest BCUT2D eigenvalue weighted by Crippen LogP contribution is 2.49. The Labute approximate surface area is 178 Å². The molecule has 31 heavy (non-hydrogen) atoms. The molecule has 8 nitrogen and oxygen atoms in total. The van der Waals surface area contributed by atoms with Gasteiger partial charge in [0.15, 0.2) is 0 Å². The maximum absolute atomic E-state index is 13.6. The number of fused-ring (bicyclic) bond motifs is 4. The maximum atomic E-state index is 13.6. The van der Waals surface area contributed by atoms with Crippen molar-refractivity contribution in [1.29, 1.82) is 0 Å². The second kappa shape index (κ2) is 7.02. The van der Waals surface area contributed by atoms with Crippen LogP contribution in [0.2, 0.25) is 0 Å². The first kappa shape index (κ1) is 19.4. The monoisotopic (exact) mass is 419 g/mol. The van der Waals surface area contributed by atoms with Gasteiger partial charge in [0.2, 0.25) is 23.3 Å². The summed E-state index contributed by atoms with van der Waals surface area (Å²) in [5.74, 6) is -3.23. The molecule has 2 aromatic carbocycles. The lowest BCUT2D eigenvalue weighted by atomic mass is 9.76. The Kier molecular flexibility index (Phi) is 4.40. The predicted octanol–water partition coefficient (Wildman–Crippen LogP) is -0.501. The minimum Gasteiger partial charge on any atom is -0.369 e. The van der Waals surface area contributed by atoms with Crippen molar-refractivity contribution in [2.45, 2.75) is 24.4 Å². The molecule has 2 fully saturated rings. The molecule has 0 aromatic heterocycles. The average molecular weight is 419 g/mol. The van der Waals surface area contributed by atoms with Crippen molar-refractivity contribution < 1.29 is 24.5 Å². The van der Waals surface area contributed by atoms with Crippen molar-refractivity contribution in [2.24, 2.45) is 17.6 Å². The fourth-order valence-corrected chi connectivity index (χ4v) is 5.51. The van der Waals surface area contributed by atoms with E-state index in [1.165, 1.54) is 4.90 Å². The van der Waals surface area contributed by atoms with Gasteiger partial charge < -0.3 is 16.4 Å². The number of anilines is 1. The summed E-state index contributed by atoms with van der Waals surface area (Å²) in [6, 6.07) is 16.2.